The van der Waals surface area contributed by atoms with Crippen LogP contribution < -0.4 is 0 Å². The van der Waals surface area contributed by atoms with Gasteiger partial charge in [0.15, 0.2) is 11.6 Å². The topological polar surface area (TPSA) is 34.1 Å². The van der Waals surface area contributed by atoms with E-state index in [0.717, 1.165) is 44.5 Å². The molecule has 3 aliphatic rings. The maximum Gasteiger partial charge on any atom is 0.168 e. The van der Waals surface area contributed by atoms with Gasteiger partial charge in [-0.2, -0.15) is 0 Å². The highest BCUT2D eigenvalue weighted by molar-refractivity contribution is 6.41. The molecule has 0 amide bonds. The van der Waals surface area contributed by atoms with Gasteiger partial charge < -0.3 is 0 Å². The summed E-state index contributed by atoms with van der Waals surface area (Å²) in [5, 5.41) is 0. The summed E-state index contributed by atoms with van der Waals surface area (Å²) >= 11 is 0. The van der Waals surface area contributed by atoms with Gasteiger partial charge >= 0.3 is 0 Å². The summed E-state index contributed by atoms with van der Waals surface area (Å²) in [5.41, 5.74) is 6.53. The Morgan fingerprint density at radius 2 is 0.684 bits per heavy atom. The maximum atomic E-state index is 14.4. The molecule has 0 N–H and O–H groups in total. The van der Waals surface area contributed by atoms with Gasteiger partial charge in [-0.15, -0.1) is 0 Å². The lowest BCUT2D eigenvalue weighted by atomic mass is 9.37. The molecule has 38 heavy (non-hydrogen) atoms. The fourth-order valence-electron chi connectivity index (χ4n) is 7.83. The molecule has 4 atom stereocenters. The smallest absolute Gasteiger partial charge is 0.168 e. The van der Waals surface area contributed by atoms with E-state index in [2.05, 4.69) is 38.1 Å². The Hall–Kier alpha value is -4.30. The van der Waals surface area contributed by atoms with E-state index in [1.807, 2.05) is 97.1 Å². The van der Waals surface area contributed by atoms with E-state index in [9.17, 15) is 9.59 Å². The van der Waals surface area contributed by atoms with Crippen LogP contribution in [0.25, 0.3) is 22.3 Å². The lowest BCUT2D eigenvalue weighted by molar-refractivity contribution is -0.154. The second kappa shape index (κ2) is 8.10. The highest BCUT2D eigenvalue weighted by atomic mass is 16.1. The molecule has 0 aliphatic heterocycles. The highest BCUT2D eigenvalue weighted by Gasteiger charge is 2.79. The molecule has 4 aromatic rings. The molecule has 2 nitrogen and oxygen atoms in total. The number of fused-ring (bicyclic) bond motifs is 4. The number of benzene rings is 4. The van der Waals surface area contributed by atoms with Crippen molar-refractivity contribution in [3.05, 3.63) is 144 Å². The number of rotatable bonds is 4. The third-order valence-corrected chi connectivity index (χ3v) is 9.50. The van der Waals surface area contributed by atoms with E-state index in [-0.39, 0.29) is 11.6 Å². The van der Waals surface area contributed by atoms with Gasteiger partial charge in [-0.1, -0.05) is 135 Å². The zero-order chi connectivity index (χ0) is 26.1. The molecule has 0 spiro atoms. The van der Waals surface area contributed by atoms with Crippen LogP contribution in [-0.4, -0.2) is 11.6 Å². The van der Waals surface area contributed by atoms with Crippen molar-refractivity contribution in [3.63, 3.8) is 0 Å². The van der Waals surface area contributed by atoms with Crippen molar-refractivity contribution < 1.29 is 9.59 Å². The summed E-state index contributed by atoms with van der Waals surface area (Å²) in [6.45, 7) is 4.46. The lowest BCUT2D eigenvalue weighted by Gasteiger charge is -2.63. The normalized spacial score (nSPS) is 27.8. The fraction of sp³-hybridized carbons (Fsp3) is 0.167. The molecule has 2 heteroatoms. The third-order valence-electron chi connectivity index (χ3n) is 9.50. The predicted molar refractivity (Wildman–Crippen MR) is 153 cm³/mol. The van der Waals surface area contributed by atoms with Gasteiger partial charge in [-0.05, 0) is 33.4 Å². The van der Waals surface area contributed by atoms with Gasteiger partial charge in [0, 0.05) is 33.8 Å². The molecule has 1 fully saturated rings. The van der Waals surface area contributed by atoms with Crippen LogP contribution in [0.15, 0.2) is 121 Å². The largest absolute Gasteiger partial charge is 0.294 e. The molecule has 1 saturated carbocycles. The van der Waals surface area contributed by atoms with Crippen LogP contribution in [0, 0.1) is 22.7 Å². The molecule has 0 aromatic heterocycles. The molecule has 3 aliphatic carbocycles. The van der Waals surface area contributed by atoms with Crippen molar-refractivity contribution >= 4 is 33.9 Å². The van der Waals surface area contributed by atoms with Crippen molar-refractivity contribution in [1.82, 2.24) is 0 Å². The van der Waals surface area contributed by atoms with Gasteiger partial charge in [0.1, 0.15) is 0 Å². The summed E-state index contributed by atoms with van der Waals surface area (Å²) in [4.78, 5) is 28.9. The average Bonchev–Trinajstić information content (AvgIpc) is 3.30. The number of Topliss-reactive ketones (excluding diaryl/α,β-unsaturated/α-hetero) is 2. The summed E-state index contributed by atoms with van der Waals surface area (Å²) in [6, 6.07) is 40.6. The highest BCUT2D eigenvalue weighted by Crippen LogP contribution is 2.81. The minimum atomic E-state index is -0.543. The van der Waals surface area contributed by atoms with E-state index >= 15 is 0 Å². The first-order chi connectivity index (χ1) is 18.5. The van der Waals surface area contributed by atoms with Gasteiger partial charge in [0.25, 0.3) is 0 Å². The minimum Gasteiger partial charge on any atom is -0.294 e. The molecule has 4 aromatic carbocycles. The molecule has 184 valence electrons. The third kappa shape index (κ3) is 2.73. The van der Waals surface area contributed by atoms with E-state index in [1.165, 1.54) is 0 Å². The first-order valence-corrected chi connectivity index (χ1v) is 13.3. The Kier molecular flexibility index (Phi) is 4.87. The maximum absolute atomic E-state index is 14.4. The molecular weight excluding hydrogens is 464 g/mol. The van der Waals surface area contributed by atoms with Crippen LogP contribution in [0.5, 0.6) is 0 Å². The standard InChI is InChI=1S/C36H28O2/c1-35-29(25-19-11-5-12-20-25)27(23-15-7-3-8-16-23)33(37)31(35)32-34(38)28(24-17-9-4-10-18-24)30(36(32,35)2)26-21-13-6-14-22-26/h3-22,31-32H,1-2H3. The number of ketones is 2. The Bertz CT molecular complexity index is 1520. The quantitative estimate of drug-likeness (QED) is 0.293. The van der Waals surface area contributed by atoms with Gasteiger partial charge in [-0.3, -0.25) is 9.59 Å². The van der Waals surface area contributed by atoms with Crippen LogP contribution in [0.2, 0.25) is 0 Å². The van der Waals surface area contributed by atoms with Gasteiger partial charge in [-0.25, -0.2) is 0 Å². The van der Waals surface area contributed by atoms with E-state index < -0.39 is 22.7 Å². The fourth-order valence-corrected chi connectivity index (χ4v) is 7.83. The lowest BCUT2D eigenvalue weighted by Crippen LogP contribution is -2.63. The van der Waals surface area contributed by atoms with Crippen molar-refractivity contribution in [2.45, 2.75) is 13.8 Å². The first-order valence-electron chi connectivity index (χ1n) is 13.3. The molecule has 0 heterocycles. The van der Waals surface area contributed by atoms with Crippen LogP contribution in [0.3, 0.4) is 0 Å². The van der Waals surface area contributed by atoms with Crippen molar-refractivity contribution in [2.24, 2.45) is 22.7 Å². The Labute approximate surface area is 223 Å². The second-order valence-electron chi connectivity index (χ2n) is 11.1. The van der Waals surface area contributed by atoms with E-state index in [0.29, 0.717) is 0 Å². The monoisotopic (exact) mass is 492 g/mol. The SMILES string of the molecule is CC12C(c3ccccc3)=C(c3ccccc3)C(=O)C1C1C(=O)C(c3ccccc3)=C(c3ccccc3)C12C. The van der Waals surface area contributed by atoms with Gasteiger partial charge in [0.05, 0.1) is 0 Å². The number of carbonyl (C=O) groups is 2. The Balaban J connectivity index is 1.56. The van der Waals surface area contributed by atoms with Gasteiger partial charge in [0.2, 0.25) is 0 Å². The van der Waals surface area contributed by atoms with Crippen molar-refractivity contribution in [1.29, 1.82) is 0 Å². The molecule has 4 unspecified atom stereocenters. The molecule has 0 saturated heterocycles. The van der Waals surface area contributed by atoms with Crippen LogP contribution in [-0.2, 0) is 9.59 Å². The number of carbonyl (C=O) groups excluding carboxylic acids is 2. The Morgan fingerprint density at radius 1 is 0.421 bits per heavy atom. The number of allylic oxidation sites excluding steroid dienone is 4. The van der Waals surface area contributed by atoms with Crippen LogP contribution in [0.1, 0.15) is 36.1 Å². The van der Waals surface area contributed by atoms with E-state index in [4.69, 9.17) is 0 Å². The summed E-state index contributed by atoms with van der Waals surface area (Å²) in [6.07, 6.45) is 0. The summed E-state index contributed by atoms with van der Waals surface area (Å²) in [5.74, 6) is -0.610. The molecule has 0 radical (unpaired) electrons. The molecular formula is C36H28O2. The predicted octanol–water partition coefficient (Wildman–Crippen LogP) is 7.63. The number of hydrogen-bond acceptors (Lipinski definition) is 2. The zero-order valence-electron chi connectivity index (χ0n) is 21.5. The van der Waals surface area contributed by atoms with Crippen molar-refractivity contribution in [3.8, 4) is 0 Å². The summed E-state index contributed by atoms with van der Waals surface area (Å²) < 4.78 is 0. The van der Waals surface area contributed by atoms with Crippen LogP contribution in [0.4, 0.5) is 0 Å². The minimum absolute atomic E-state index is 0.0927. The molecule has 7 rings (SSSR count). The Morgan fingerprint density at radius 3 is 0.974 bits per heavy atom. The second-order valence-corrected chi connectivity index (χ2v) is 11.1. The number of hydrogen-bond donors (Lipinski definition) is 0. The van der Waals surface area contributed by atoms with Crippen molar-refractivity contribution in [2.75, 3.05) is 0 Å². The average molecular weight is 493 g/mol. The van der Waals surface area contributed by atoms with E-state index in [1.54, 1.807) is 0 Å². The zero-order valence-corrected chi connectivity index (χ0v) is 21.5. The first kappa shape index (κ1) is 22.9. The van der Waals surface area contributed by atoms with Crippen LogP contribution >= 0.6 is 0 Å². The summed E-state index contributed by atoms with van der Waals surface area (Å²) in [7, 11) is 0. The molecule has 0 bridgehead atoms.